The Balaban J connectivity index is 2.10. The third-order valence-corrected chi connectivity index (χ3v) is 5.17. The van der Waals surface area contributed by atoms with E-state index in [1.54, 1.807) is 11.3 Å². The summed E-state index contributed by atoms with van der Waals surface area (Å²) in [4.78, 5) is 4.36. The van der Waals surface area contributed by atoms with Gasteiger partial charge in [0.1, 0.15) is 5.01 Å². The zero-order valence-corrected chi connectivity index (χ0v) is 13.3. The molecule has 2 aromatic heterocycles. The maximum Gasteiger partial charge on any atom is 0.109 e. The Morgan fingerprint density at radius 2 is 2.22 bits per heavy atom. The molecule has 2 unspecified atom stereocenters. The molecule has 18 heavy (non-hydrogen) atoms. The van der Waals surface area contributed by atoms with Crippen molar-refractivity contribution in [1.82, 2.24) is 10.3 Å². The number of nitrogens with one attached hydrogen (secondary N) is 1. The zero-order valence-electron chi connectivity index (χ0n) is 10.1. The standard InChI is InChI=1S/C12H14Cl2N2S2/c1-3-9(12-15-4-5-17-12)16-7(2)8-6-10(13)18-11(8)14/h4-7,9,16H,3H2,1-2H3. The highest BCUT2D eigenvalue weighted by Crippen LogP contribution is 2.36. The highest BCUT2D eigenvalue weighted by molar-refractivity contribution is 7.20. The summed E-state index contributed by atoms with van der Waals surface area (Å²) in [5.74, 6) is 0. The van der Waals surface area contributed by atoms with Crippen LogP contribution in [0.4, 0.5) is 0 Å². The predicted octanol–water partition coefficient (Wildman–Crippen LogP) is 5.31. The molecular formula is C12H14Cl2N2S2. The summed E-state index contributed by atoms with van der Waals surface area (Å²) >= 11 is 15.2. The highest BCUT2D eigenvalue weighted by Gasteiger charge is 2.18. The van der Waals surface area contributed by atoms with Crippen molar-refractivity contribution < 1.29 is 0 Å². The maximum atomic E-state index is 6.17. The summed E-state index contributed by atoms with van der Waals surface area (Å²) in [5, 5.41) is 6.66. The fourth-order valence-corrected chi connectivity index (χ4v) is 4.24. The second-order valence-electron chi connectivity index (χ2n) is 4.00. The monoisotopic (exact) mass is 320 g/mol. The van der Waals surface area contributed by atoms with Crippen LogP contribution in [0.1, 0.15) is 42.9 Å². The Morgan fingerprint density at radius 3 is 2.72 bits per heavy atom. The second kappa shape index (κ2) is 6.35. The summed E-state index contributed by atoms with van der Waals surface area (Å²) in [6, 6.07) is 2.35. The zero-order chi connectivity index (χ0) is 13.1. The number of halogens is 2. The average Bonchev–Trinajstić information content (AvgIpc) is 2.95. The van der Waals surface area contributed by atoms with E-state index in [-0.39, 0.29) is 12.1 Å². The van der Waals surface area contributed by atoms with Gasteiger partial charge in [0.2, 0.25) is 0 Å². The van der Waals surface area contributed by atoms with Crippen LogP contribution in [0.15, 0.2) is 17.6 Å². The molecule has 98 valence electrons. The Morgan fingerprint density at radius 1 is 1.44 bits per heavy atom. The van der Waals surface area contributed by atoms with Crippen molar-refractivity contribution in [1.29, 1.82) is 0 Å². The quantitative estimate of drug-likeness (QED) is 0.807. The fourth-order valence-electron chi connectivity index (χ4n) is 1.81. The molecule has 0 radical (unpaired) electrons. The molecule has 0 aliphatic heterocycles. The summed E-state index contributed by atoms with van der Waals surface area (Å²) in [7, 11) is 0. The Hall–Kier alpha value is -0.130. The number of aromatic nitrogens is 1. The van der Waals surface area contributed by atoms with Crippen LogP contribution in [-0.4, -0.2) is 4.98 Å². The van der Waals surface area contributed by atoms with Crippen LogP contribution in [0.2, 0.25) is 8.67 Å². The van der Waals surface area contributed by atoms with E-state index in [4.69, 9.17) is 23.2 Å². The van der Waals surface area contributed by atoms with Crippen LogP contribution in [-0.2, 0) is 0 Å². The second-order valence-corrected chi connectivity index (χ2v) is 7.21. The van der Waals surface area contributed by atoms with E-state index in [0.717, 1.165) is 25.7 Å². The summed E-state index contributed by atoms with van der Waals surface area (Å²) in [6.07, 6.45) is 2.83. The minimum Gasteiger partial charge on any atom is -0.301 e. The average molecular weight is 321 g/mol. The van der Waals surface area contributed by atoms with Crippen molar-refractivity contribution in [3.8, 4) is 0 Å². The van der Waals surface area contributed by atoms with Crippen molar-refractivity contribution in [3.63, 3.8) is 0 Å². The van der Waals surface area contributed by atoms with Gasteiger partial charge in [-0.05, 0) is 25.0 Å². The topological polar surface area (TPSA) is 24.9 Å². The lowest BCUT2D eigenvalue weighted by Gasteiger charge is -2.20. The molecule has 0 saturated heterocycles. The van der Waals surface area contributed by atoms with Crippen molar-refractivity contribution in [2.45, 2.75) is 32.4 Å². The molecule has 2 aromatic rings. The van der Waals surface area contributed by atoms with E-state index < -0.39 is 0 Å². The number of thiazole rings is 1. The van der Waals surface area contributed by atoms with Gasteiger partial charge in [-0.3, -0.25) is 0 Å². The largest absolute Gasteiger partial charge is 0.301 e. The first-order chi connectivity index (χ1) is 8.61. The Kier molecular flexibility index (Phi) is 5.04. The van der Waals surface area contributed by atoms with Crippen molar-refractivity contribution in [2.75, 3.05) is 0 Å². The van der Waals surface area contributed by atoms with Gasteiger partial charge in [-0.1, -0.05) is 30.1 Å². The van der Waals surface area contributed by atoms with Crippen LogP contribution in [0.3, 0.4) is 0 Å². The molecule has 6 heteroatoms. The third kappa shape index (κ3) is 3.25. The molecule has 0 aromatic carbocycles. The number of thiophene rings is 1. The molecular weight excluding hydrogens is 307 g/mol. The van der Waals surface area contributed by atoms with Crippen LogP contribution in [0.5, 0.6) is 0 Å². The maximum absolute atomic E-state index is 6.17. The van der Waals surface area contributed by atoms with Crippen molar-refractivity contribution in [3.05, 3.63) is 36.9 Å². The summed E-state index contributed by atoms with van der Waals surface area (Å²) < 4.78 is 1.49. The van der Waals surface area contributed by atoms with Gasteiger partial charge < -0.3 is 5.32 Å². The first-order valence-corrected chi connectivity index (χ1v) is 8.17. The molecule has 0 bridgehead atoms. The van der Waals surface area contributed by atoms with E-state index >= 15 is 0 Å². The molecule has 1 N–H and O–H groups in total. The van der Waals surface area contributed by atoms with E-state index in [1.165, 1.54) is 11.3 Å². The molecule has 0 spiro atoms. The Labute approximate surface area is 125 Å². The van der Waals surface area contributed by atoms with Gasteiger partial charge >= 0.3 is 0 Å². The molecule has 0 saturated carbocycles. The molecule has 0 aliphatic rings. The fraction of sp³-hybridized carbons (Fsp3) is 0.417. The predicted molar refractivity (Wildman–Crippen MR) is 81.0 cm³/mol. The number of hydrogen-bond acceptors (Lipinski definition) is 4. The van der Waals surface area contributed by atoms with E-state index in [0.29, 0.717) is 0 Å². The molecule has 2 heterocycles. The van der Waals surface area contributed by atoms with Gasteiger partial charge in [0, 0.05) is 17.6 Å². The highest BCUT2D eigenvalue weighted by atomic mass is 35.5. The van der Waals surface area contributed by atoms with Crippen LogP contribution in [0.25, 0.3) is 0 Å². The summed E-state index contributed by atoms with van der Waals surface area (Å²) in [6.45, 7) is 4.24. The first kappa shape index (κ1) is 14.3. The molecule has 2 nitrogen and oxygen atoms in total. The molecule has 0 aliphatic carbocycles. The van der Waals surface area contributed by atoms with Crippen molar-refractivity contribution in [2.24, 2.45) is 0 Å². The minimum atomic E-state index is 0.162. The van der Waals surface area contributed by atoms with Gasteiger partial charge in [-0.25, -0.2) is 4.98 Å². The number of rotatable bonds is 5. The Bertz CT molecular complexity index is 496. The lowest BCUT2D eigenvalue weighted by molar-refractivity contribution is 0.456. The molecule has 2 rings (SSSR count). The van der Waals surface area contributed by atoms with Gasteiger partial charge in [0.25, 0.3) is 0 Å². The van der Waals surface area contributed by atoms with Crippen molar-refractivity contribution >= 4 is 45.9 Å². The van der Waals surface area contributed by atoms with Crippen LogP contribution < -0.4 is 5.32 Å². The molecule has 0 amide bonds. The summed E-state index contributed by atoms with van der Waals surface area (Å²) in [5.41, 5.74) is 1.06. The van der Waals surface area contributed by atoms with Crippen LogP contribution in [0, 0.1) is 0 Å². The normalized spacial score (nSPS) is 14.7. The SMILES string of the molecule is CCC(NC(C)c1cc(Cl)sc1Cl)c1nccs1. The third-order valence-electron chi connectivity index (χ3n) is 2.76. The number of hydrogen-bond donors (Lipinski definition) is 1. The van der Waals surface area contributed by atoms with Gasteiger partial charge in [0.15, 0.2) is 0 Å². The number of nitrogens with zero attached hydrogens (tertiary/aromatic N) is 1. The van der Waals surface area contributed by atoms with E-state index in [9.17, 15) is 0 Å². The smallest absolute Gasteiger partial charge is 0.109 e. The lowest BCUT2D eigenvalue weighted by Crippen LogP contribution is -2.24. The molecule has 0 fully saturated rings. The van der Waals surface area contributed by atoms with E-state index in [1.807, 2.05) is 17.6 Å². The van der Waals surface area contributed by atoms with Gasteiger partial charge in [-0.2, -0.15) is 0 Å². The molecule has 2 atom stereocenters. The minimum absolute atomic E-state index is 0.162. The van der Waals surface area contributed by atoms with Crippen LogP contribution >= 0.6 is 45.9 Å². The first-order valence-electron chi connectivity index (χ1n) is 5.72. The van der Waals surface area contributed by atoms with E-state index in [2.05, 4.69) is 24.1 Å². The van der Waals surface area contributed by atoms with Gasteiger partial charge in [0.05, 0.1) is 14.7 Å². The van der Waals surface area contributed by atoms with Gasteiger partial charge in [-0.15, -0.1) is 22.7 Å². The lowest BCUT2D eigenvalue weighted by atomic mass is 10.1.